The minimum absolute atomic E-state index is 0.107. The number of rotatable bonds is 6. The summed E-state index contributed by atoms with van der Waals surface area (Å²) in [6.45, 7) is 2.21. The lowest BCUT2D eigenvalue weighted by atomic mass is 10.1. The van der Waals surface area contributed by atoms with Crippen molar-refractivity contribution in [3.05, 3.63) is 53.0 Å². The van der Waals surface area contributed by atoms with Gasteiger partial charge in [0.05, 0.1) is 5.75 Å². The molecule has 0 unspecified atom stereocenters. The molecule has 3 aromatic rings. The first-order valence-corrected chi connectivity index (χ1v) is 11.3. The summed E-state index contributed by atoms with van der Waals surface area (Å²) in [6, 6.07) is 15.6. The Hall–Kier alpha value is -2.32. The smallest absolute Gasteiger partial charge is 0.277 e. The molecular formula is C21H21BrN4O2S. The van der Waals surface area contributed by atoms with E-state index >= 15 is 0 Å². The van der Waals surface area contributed by atoms with Gasteiger partial charge in [-0.05, 0) is 67.8 Å². The molecule has 0 atom stereocenters. The molecule has 0 bridgehead atoms. The highest BCUT2D eigenvalue weighted by Gasteiger charge is 2.13. The average Bonchev–Trinajstić information content (AvgIpc) is 3.23. The maximum absolute atomic E-state index is 12.2. The molecule has 1 N–H and O–H groups in total. The molecule has 150 valence electrons. The fourth-order valence-corrected chi connectivity index (χ4v) is 4.04. The molecule has 0 aliphatic carbocycles. The van der Waals surface area contributed by atoms with E-state index in [2.05, 4.69) is 48.5 Å². The topological polar surface area (TPSA) is 71.3 Å². The number of nitrogens with one attached hydrogen (secondary N) is 1. The van der Waals surface area contributed by atoms with Gasteiger partial charge in [-0.3, -0.25) is 4.79 Å². The Labute approximate surface area is 182 Å². The van der Waals surface area contributed by atoms with Crippen LogP contribution in [0.1, 0.15) is 19.3 Å². The van der Waals surface area contributed by atoms with Crippen molar-refractivity contribution in [3.63, 3.8) is 0 Å². The zero-order chi connectivity index (χ0) is 20.1. The van der Waals surface area contributed by atoms with E-state index in [1.54, 1.807) is 0 Å². The number of aromatic nitrogens is 2. The van der Waals surface area contributed by atoms with Gasteiger partial charge >= 0.3 is 0 Å². The van der Waals surface area contributed by atoms with Crippen LogP contribution in [0.25, 0.3) is 11.5 Å². The Kier molecular flexibility index (Phi) is 6.51. The van der Waals surface area contributed by atoms with E-state index in [1.807, 2.05) is 36.4 Å². The number of amides is 1. The minimum atomic E-state index is -0.107. The van der Waals surface area contributed by atoms with Gasteiger partial charge in [0.15, 0.2) is 0 Å². The van der Waals surface area contributed by atoms with Gasteiger partial charge in [-0.2, -0.15) is 0 Å². The average molecular weight is 473 g/mol. The fourth-order valence-electron chi connectivity index (χ4n) is 3.21. The Morgan fingerprint density at radius 3 is 2.48 bits per heavy atom. The van der Waals surface area contributed by atoms with Crippen LogP contribution in [-0.2, 0) is 4.79 Å². The van der Waals surface area contributed by atoms with E-state index in [4.69, 9.17) is 4.42 Å². The maximum atomic E-state index is 12.2. The minimum Gasteiger partial charge on any atom is -0.411 e. The van der Waals surface area contributed by atoms with E-state index < -0.39 is 0 Å². The highest BCUT2D eigenvalue weighted by Crippen LogP contribution is 2.25. The molecule has 2 aromatic carbocycles. The monoisotopic (exact) mass is 472 g/mol. The number of hydrogen-bond donors (Lipinski definition) is 1. The van der Waals surface area contributed by atoms with E-state index in [1.165, 1.54) is 36.7 Å². The fraction of sp³-hybridized carbons (Fsp3) is 0.286. The number of anilines is 2. The molecule has 1 fully saturated rings. The van der Waals surface area contributed by atoms with E-state index in [9.17, 15) is 4.79 Å². The third-order valence-electron chi connectivity index (χ3n) is 4.70. The van der Waals surface area contributed by atoms with Crippen LogP contribution < -0.4 is 10.2 Å². The van der Waals surface area contributed by atoms with Crippen LogP contribution in [0.3, 0.4) is 0 Å². The summed E-state index contributed by atoms with van der Waals surface area (Å²) in [5, 5.41) is 11.3. The van der Waals surface area contributed by atoms with Crippen molar-refractivity contribution in [2.45, 2.75) is 24.5 Å². The first-order chi connectivity index (χ1) is 14.2. The van der Waals surface area contributed by atoms with E-state index in [0.717, 1.165) is 28.8 Å². The number of halogens is 1. The van der Waals surface area contributed by atoms with Gasteiger partial charge in [-0.1, -0.05) is 27.7 Å². The predicted molar refractivity (Wildman–Crippen MR) is 119 cm³/mol. The largest absolute Gasteiger partial charge is 0.411 e. The number of thioether (sulfide) groups is 1. The van der Waals surface area contributed by atoms with Crippen LogP contribution in [0.2, 0.25) is 0 Å². The Morgan fingerprint density at radius 1 is 1.03 bits per heavy atom. The molecule has 4 rings (SSSR count). The van der Waals surface area contributed by atoms with Crippen molar-refractivity contribution < 1.29 is 9.21 Å². The van der Waals surface area contributed by atoms with Crippen molar-refractivity contribution >= 4 is 45.0 Å². The summed E-state index contributed by atoms with van der Waals surface area (Å²) >= 11 is 4.62. The van der Waals surface area contributed by atoms with Gasteiger partial charge in [-0.15, -0.1) is 10.2 Å². The maximum Gasteiger partial charge on any atom is 0.277 e. The normalized spacial score (nSPS) is 14.0. The SMILES string of the molecule is O=C(CSc1nnc(-c2ccc(Br)cc2)o1)Nc1ccc(N2CCCCC2)cc1. The van der Waals surface area contributed by atoms with E-state index in [-0.39, 0.29) is 11.7 Å². The molecule has 0 radical (unpaired) electrons. The Balaban J connectivity index is 1.28. The molecule has 1 saturated heterocycles. The lowest BCUT2D eigenvalue weighted by molar-refractivity contribution is -0.113. The number of benzene rings is 2. The standard InChI is InChI=1S/C21H21BrN4O2S/c22-16-6-4-15(5-7-16)20-24-25-21(28-20)29-14-19(27)23-17-8-10-18(11-9-17)26-12-2-1-3-13-26/h4-11H,1-3,12-14H2,(H,23,27). The zero-order valence-electron chi connectivity index (χ0n) is 15.8. The summed E-state index contributed by atoms with van der Waals surface area (Å²) in [4.78, 5) is 14.6. The highest BCUT2D eigenvalue weighted by molar-refractivity contribution is 9.10. The molecule has 1 amide bonds. The van der Waals surface area contributed by atoms with Gasteiger partial charge in [0.1, 0.15) is 0 Å². The van der Waals surface area contributed by atoms with Crippen LogP contribution in [0.15, 0.2) is 62.6 Å². The van der Waals surface area contributed by atoms with Crippen molar-refractivity contribution in [2.24, 2.45) is 0 Å². The molecule has 6 nitrogen and oxygen atoms in total. The zero-order valence-corrected chi connectivity index (χ0v) is 18.2. The van der Waals surface area contributed by atoms with Crippen LogP contribution in [0.5, 0.6) is 0 Å². The third kappa shape index (κ3) is 5.39. The summed E-state index contributed by atoms with van der Waals surface area (Å²) in [5.41, 5.74) is 2.84. The molecule has 1 aliphatic rings. The second kappa shape index (κ2) is 9.45. The molecule has 8 heteroatoms. The van der Waals surface area contributed by atoms with Gasteiger partial charge in [0, 0.05) is 34.5 Å². The van der Waals surface area contributed by atoms with Crippen LogP contribution >= 0.6 is 27.7 Å². The molecule has 29 heavy (non-hydrogen) atoms. The number of carbonyl (C=O) groups excluding carboxylic acids is 1. The molecule has 2 heterocycles. The Morgan fingerprint density at radius 2 is 1.76 bits per heavy atom. The van der Waals surface area contributed by atoms with Gasteiger partial charge in [0.2, 0.25) is 11.8 Å². The van der Waals surface area contributed by atoms with Crippen LogP contribution in [0, 0.1) is 0 Å². The summed E-state index contributed by atoms with van der Waals surface area (Å²) < 4.78 is 6.62. The lowest BCUT2D eigenvalue weighted by Crippen LogP contribution is -2.29. The number of nitrogens with zero attached hydrogens (tertiary/aromatic N) is 3. The molecule has 0 saturated carbocycles. The van der Waals surface area contributed by atoms with Gasteiger partial charge in [-0.25, -0.2) is 0 Å². The first kappa shape index (κ1) is 20.0. The molecule has 0 spiro atoms. The van der Waals surface area contributed by atoms with Crippen molar-refractivity contribution in [3.8, 4) is 11.5 Å². The van der Waals surface area contributed by atoms with E-state index in [0.29, 0.717) is 11.1 Å². The summed E-state index contributed by atoms with van der Waals surface area (Å²) in [5.74, 6) is 0.536. The number of carbonyl (C=O) groups is 1. The van der Waals surface area contributed by atoms with Crippen molar-refractivity contribution in [1.82, 2.24) is 10.2 Å². The first-order valence-electron chi connectivity index (χ1n) is 9.54. The third-order valence-corrected chi connectivity index (χ3v) is 6.04. The van der Waals surface area contributed by atoms with Gasteiger partial charge in [0.25, 0.3) is 5.22 Å². The molecule has 1 aromatic heterocycles. The molecular weight excluding hydrogens is 452 g/mol. The number of piperidine rings is 1. The second-order valence-corrected chi connectivity index (χ2v) is 8.65. The lowest BCUT2D eigenvalue weighted by Gasteiger charge is -2.28. The van der Waals surface area contributed by atoms with Crippen LogP contribution in [0.4, 0.5) is 11.4 Å². The number of hydrogen-bond acceptors (Lipinski definition) is 6. The predicted octanol–water partition coefficient (Wildman–Crippen LogP) is 5.22. The Bertz CT molecular complexity index is 954. The second-order valence-electron chi connectivity index (χ2n) is 6.81. The summed E-state index contributed by atoms with van der Waals surface area (Å²) in [6.07, 6.45) is 3.80. The summed E-state index contributed by atoms with van der Waals surface area (Å²) in [7, 11) is 0. The van der Waals surface area contributed by atoms with Crippen LogP contribution in [-0.4, -0.2) is 34.9 Å². The van der Waals surface area contributed by atoms with Crippen molar-refractivity contribution in [1.29, 1.82) is 0 Å². The van der Waals surface area contributed by atoms with Crippen molar-refractivity contribution in [2.75, 3.05) is 29.1 Å². The molecule has 1 aliphatic heterocycles. The highest BCUT2D eigenvalue weighted by atomic mass is 79.9. The quantitative estimate of drug-likeness (QED) is 0.495. The van der Waals surface area contributed by atoms with Gasteiger partial charge < -0.3 is 14.6 Å².